The normalized spacial score (nSPS) is 21.2. The molecule has 0 aliphatic carbocycles. The van der Waals surface area contributed by atoms with Gasteiger partial charge in [0, 0.05) is 12.2 Å². The first-order valence-electron chi connectivity index (χ1n) is 7.61. The van der Waals surface area contributed by atoms with E-state index in [0.29, 0.717) is 18.6 Å². The Kier molecular flexibility index (Phi) is 4.75. The highest BCUT2D eigenvalue weighted by Gasteiger charge is 2.44. The SMILES string of the molecule is CCOC(=O)C(C)(C)c1ccc(C2(C(N)=O)CCOC2)c(F)c1. The molecule has 1 amide bonds. The fourth-order valence-corrected chi connectivity index (χ4v) is 2.83. The lowest BCUT2D eigenvalue weighted by molar-refractivity contribution is -0.148. The number of rotatable bonds is 5. The van der Waals surface area contributed by atoms with Crippen LogP contribution in [0.5, 0.6) is 0 Å². The van der Waals surface area contributed by atoms with E-state index in [1.54, 1.807) is 26.8 Å². The number of primary amides is 1. The average Bonchev–Trinajstić information content (AvgIpc) is 2.98. The Morgan fingerprint density at radius 2 is 2.13 bits per heavy atom. The van der Waals surface area contributed by atoms with Crippen molar-refractivity contribution in [3.05, 3.63) is 35.1 Å². The Bertz CT molecular complexity index is 621. The largest absolute Gasteiger partial charge is 0.465 e. The van der Waals surface area contributed by atoms with Crippen LogP contribution in [0.3, 0.4) is 0 Å². The third-order valence-electron chi connectivity index (χ3n) is 4.49. The Morgan fingerprint density at radius 1 is 1.43 bits per heavy atom. The van der Waals surface area contributed by atoms with Gasteiger partial charge in [0.15, 0.2) is 0 Å². The van der Waals surface area contributed by atoms with Crippen LogP contribution in [0.1, 0.15) is 38.3 Å². The number of benzene rings is 1. The summed E-state index contributed by atoms with van der Waals surface area (Å²) in [5.41, 5.74) is 4.05. The summed E-state index contributed by atoms with van der Waals surface area (Å²) in [4.78, 5) is 23.9. The van der Waals surface area contributed by atoms with Crippen LogP contribution < -0.4 is 5.73 Å². The Labute approximate surface area is 134 Å². The van der Waals surface area contributed by atoms with Gasteiger partial charge in [-0.15, -0.1) is 0 Å². The van der Waals surface area contributed by atoms with Crippen LogP contribution in [0.4, 0.5) is 4.39 Å². The van der Waals surface area contributed by atoms with Gasteiger partial charge in [-0.3, -0.25) is 9.59 Å². The summed E-state index contributed by atoms with van der Waals surface area (Å²) in [7, 11) is 0. The summed E-state index contributed by atoms with van der Waals surface area (Å²) in [6, 6.07) is 4.43. The average molecular weight is 323 g/mol. The second-order valence-electron chi connectivity index (χ2n) is 6.29. The van der Waals surface area contributed by atoms with Crippen LogP contribution in [0.25, 0.3) is 0 Å². The minimum atomic E-state index is -1.14. The number of amides is 1. The maximum Gasteiger partial charge on any atom is 0.315 e. The molecule has 1 saturated heterocycles. The van der Waals surface area contributed by atoms with Crippen molar-refractivity contribution in [2.45, 2.75) is 38.0 Å². The van der Waals surface area contributed by atoms with Gasteiger partial charge in [0.2, 0.25) is 5.91 Å². The number of nitrogens with two attached hydrogens (primary N) is 1. The maximum atomic E-state index is 14.7. The highest BCUT2D eigenvalue weighted by molar-refractivity contribution is 5.87. The molecule has 1 heterocycles. The fourth-order valence-electron chi connectivity index (χ4n) is 2.83. The molecular formula is C17H22FNO4. The van der Waals surface area contributed by atoms with Gasteiger partial charge in [0.1, 0.15) is 11.2 Å². The lowest BCUT2D eigenvalue weighted by Gasteiger charge is -2.27. The number of carbonyl (C=O) groups excluding carboxylic acids is 2. The molecular weight excluding hydrogens is 301 g/mol. The van der Waals surface area contributed by atoms with E-state index < -0.39 is 28.5 Å². The summed E-state index contributed by atoms with van der Waals surface area (Å²) >= 11 is 0. The number of halogens is 1. The van der Waals surface area contributed by atoms with E-state index in [-0.39, 0.29) is 18.8 Å². The molecule has 1 aliphatic rings. The first-order chi connectivity index (χ1) is 10.8. The molecule has 6 heteroatoms. The highest BCUT2D eigenvalue weighted by atomic mass is 19.1. The summed E-state index contributed by atoms with van der Waals surface area (Å²) in [5.74, 6) is -1.60. The first kappa shape index (κ1) is 17.4. The summed E-state index contributed by atoms with van der Waals surface area (Å²) in [5, 5.41) is 0. The van der Waals surface area contributed by atoms with Gasteiger partial charge in [-0.2, -0.15) is 0 Å². The van der Waals surface area contributed by atoms with E-state index in [1.165, 1.54) is 12.1 Å². The van der Waals surface area contributed by atoms with Crippen molar-refractivity contribution in [3.8, 4) is 0 Å². The quantitative estimate of drug-likeness (QED) is 0.838. The Morgan fingerprint density at radius 3 is 2.61 bits per heavy atom. The van der Waals surface area contributed by atoms with Crippen molar-refractivity contribution >= 4 is 11.9 Å². The van der Waals surface area contributed by atoms with E-state index in [2.05, 4.69) is 0 Å². The molecule has 0 aromatic heterocycles. The van der Waals surface area contributed by atoms with Crippen molar-refractivity contribution in [3.63, 3.8) is 0 Å². The molecule has 5 nitrogen and oxygen atoms in total. The van der Waals surface area contributed by atoms with Crippen molar-refractivity contribution in [1.82, 2.24) is 0 Å². The van der Waals surface area contributed by atoms with E-state index in [1.807, 2.05) is 0 Å². The molecule has 1 aromatic rings. The molecule has 1 fully saturated rings. The van der Waals surface area contributed by atoms with Crippen LogP contribution >= 0.6 is 0 Å². The fraction of sp³-hybridized carbons (Fsp3) is 0.529. The third-order valence-corrected chi connectivity index (χ3v) is 4.49. The summed E-state index contributed by atoms with van der Waals surface area (Å²) in [6.45, 7) is 5.74. The molecule has 23 heavy (non-hydrogen) atoms. The predicted octanol–water partition coefficient (Wildman–Crippen LogP) is 1.81. The number of hydrogen-bond acceptors (Lipinski definition) is 4. The molecule has 0 spiro atoms. The topological polar surface area (TPSA) is 78.6 Å². The number of ether oxygens (including phenoxy) is 2. The summed E-state index contributed by atoms with van der Waals surface area (Å²) in [6.07, 6.45) is 0.347. The van der Waals surface area contributed by atoms with E-state index in [0.717, 1.165) is 0 Å². The van der Waals surface area contributed by atoms with Gasteiger partial charge < -0.3 is 15.2 Å². The number of hydrogen-bond donors (Lipinski definition) is 1. The third kappa shape index (κ3) is 2.95. The van der Waals surface area contributed by atoms with Crippen LogP contribution in [-0.2, 0) is 29.9 Å². The molecule has 2 N–H and O–H groups in total. The van der Waals surface area contributed by atoms with Gasteiger partial charge in [-0.25, -0.2) is 4.39 Å². The van der Waals surface area contributed by atoms with Gasteiger partial charge in [0.25, 0.3) is 0 Å². The van der Waals surface area contributed by atoms with E-state index in [4.69, 9.17) is 15.2 Å². The van der Waals surface area contributed by atoms with Crippen molar-refractivity contribution < 1.29 is 23.5 Å². The molecule has 0 radical (unpaired) electrons. The van der Waals surface area contributed by atoms with Crippen LogP contribution in [0.2, 0.25) is 0 Å². The van der Waals surface area contributed by atoms with Gasteiger partial charge in [-0.05, 0) is 38.8 Å². The predicted molar refractivity (Wildman–Crippen MR) is 82.4 cm³/mol. The molecule has 126 valence electrons. The standard InChI is InChI=1S/C17H22FNO4/c1-4-23-15(21)16(2,3)11-5-6-12(13(18)9-11)17(14(19)20)7-8-22-10-17/h5-6,9H,4,7-8,10H2,1-3H3,(H2,19,20). The lowest BCUT2D eigenvalue weighted by Crippen LogP contribution is -2.42. The molecule has 1 aromatic carbocycles. The van der Waals surface area contributed by atoms with Crippen molar-refractivity contribution in [2.24, 2.45) is 5.73 Å². The van der Waals surface area contributed by atoms with E-state index in [9.17, 15) is 14.0 Å². The monoisotopic (exact) mass is 323 g/mol. The second-order valence-corrected chi connectivity index (χ2v) is 6.29. The summed E-state index contributed by atoms with van der Waals surface area (Å²) < 4.78 is 25.0. The van der Waals surface area contributed by atoms with E-state index >= 15 is 0 Å². The molecule has 1 aliphatic heterocycles. The number of esters is 1. The van der Waals surface area contributed by atoms with Gasteiger partial charge >= 0.3 is 5.97 Å². The highest BCUT2D eigenvalue weighted by Crippen LogP contribution is 2.36. The van der Waals surface area contributed by atoms with Crippen LogP contribution in [0.15, 0.2) is 18.2 Å². The number of carbonyl (C=O) groups is 2. The molecule has 0 bridgehead atoms. The maximum absolute atomic E-state index is 14.7. The smallest absolute Gasteiger partial charge is 0.315 e. The molecule has 2 rings (SSSR count). The molecule has 0 saturated carbocycles. The van der Waals surface area contributed by atoms with Crippen molar-refractivity contribution in [2.75, 3.05) is 19.8 Å². The Hall–Kier alpha value is -1.95. The minimum Gasteiger partial charge on any atom is -0.465 e. The zero-order chi connectivity index (χ0) is 17.3. The van der Waals surface area contributed by atoms with Crippen LogP contribution in [-0.4, -0.2) is 31.7 Å². The molecule has 1 unspecified atom stereocenters. The first-order valence-corrected chi connectivity index (χ1v) is 7.61. The van der Waals surface area contributed by atoms with Crippen molar-refractivity contribution in [1.29, 1.82) is 0 Å². The zero-order valence-electron chi connectivity index (χ0n) is 13.6. The van der Waals surface area contributed by atoms with Gasteiger partial charge in [0.05, 0.1) is 18.6 Å². The zero-order valence-corrected chi connectivity index (χ0v) is 13.6. The lowest BCUT2D eigenvalue weighted by atomic mass is 9.76. The van der Waals surface area contributed by atoms with Crippen LogP contribution in [0, 0.1) is 5.82 Å². The second kappa shape index (κ2) is 6.28. The molecule has 1 atom stereocenters. The van der Waals surface area contributed by atoms with Gasteiger partial charge in [-0.1, -0.05) is 12.1 Å². The Balaban J connectivity index is 2.42. The minimum absolute atomic E-state index is 0.0693.